The van der Waals surface area contributed by atoms with Gasteiger partial charge in [0, 0.05) is 6.20 Å². The summed E-state index contributed by atoms with van der Waals surface area (Å²) in [6, 6.07) is 1.50. The number of aromatic nitrogens is 6. The van der Waals surface area contributed by atoms with Gasteiger partial charge in [-0.05, 0) is 24.3 Å². The summed E-state index contributed by atoms with van der Waals surface area (Å²) >= 11 is 0. The van der Waals surface area contributed by atoms with Gasteiger partial charge in [-0.3, -0.25) is 0 Å². The molecule has 0 saturated heterocycles. The average Bonchev–Trinajstić information content (AvgIpc) is 2.79. The average molecular weight is 278 g/mol. The summed E-state index contributed by atoms with van der Waals surface area (Å²) in [5, 5.41) is 7.45. The van der Waals surface area contributed by atoms with E-state index in [1.807, 2.05) is 13.8 Å². The molecule has 0 fully saturated rings. The number of hydrogen-bond acceptors (Lipinski definition) is 7. The molecule has 0 aromatic carbocycles. The lowest BCUT2D eigenvalue weighted by Crippen LogP contribution is -2.23. The molecule has 20 heavy (non-hydrogen) atoms. The number of methoxy groups -OCH3 is 2. The highest BCUT2D eigenvalue weighted by Crippen LogP contribution is 2.15. The van der Waals surface area contributed by atoms with Crippen LogP contribution < -0.4 is 15.2 Å². The third kappa shape index (κ3) is 2.66. The van der Waals surface area contributed by atoms with E-state index >= 15 is 0 Å². The lowest BCUT2D eigenvalue weighted by atomic mass is 10.4. The first-order chi connectivity index (χ1) is 9.55. The minimum atomic E-state index is -0.485. The predicted molar refractivity (Wildman–Crippen MR) is 69.9 cm³/mol. The molecule has 0 N–H and O–H groups in total. The Kier molecular flexibility index (Phi) is 3.78. The minimum absolute atomic E-state index is 0.0274. The molecule has 2 aromatic heterocycles. The Hall–Kier alpha value is -2.71. The largest absolute Gasteiger partial charge is 0.481 e. The summed E-state index contributed by atoms with van der Waals surface area (Å²) in [6.45, 7) is 3.69. The van der Waals surface area contributed by atoms with Crippen LogP contribution in [0.2, 0.25) is 0 Å². The van der Waals surface area contributed by atoms with Crippen molar-refractivity contribution in [1.82, 2.24) is 29.8 Å². The van der Waals surface area contributed by atoms with Crippen molar-refractivity contribution >= 4 is 6.20 Å². The Morgan fingerprint density at radius 3 is 2.25 bits per heavy atom. The zero-order valence-corrected chi connectivity index (χ0v) is 11.6. The molecule has 0 unspecified atom stereocenters. The van der Waals surface area contributed by atoms with Gasteiger partial charge >= 0.3 is 5.69 Å². The van der Waals surface area contributed by atoms with E-state index in [1.54, 1.807) is 6.20 Å². The molecule has 106 valence electrons. The van der Waals surface area contributed by atoms with E-state index in [9.17, 15) is 4.79 Å². The lowest BCUT2D eigenvalue weighted by Gasteiger charge is -2.04. The number of hydrogen-bond donors (Lipinski definition) is 0. The Bertz CT molecular complexity index is 676. The molecule has 0 bridgehead atoms. The number of nitrogens with zero attached hydrogens (tertiary/aromatic N) is 6. The second-order valence-electron chi connectivity index (χ2n) is 4.08. The van der Waals surface area contributed by atoms with Crippen molar-refractivity contribution in [2.24, 2.45) is 0 Å². The maximum absolute atomic E-state index is 12.1. The number of ether oxygens (including phenoxy) is 2. The van der Waals surface area contributed by atoms with Gasteiger partial charge < -0.3 is 9.47 Å². The first kappa shape index (κ1) is 13.7. The third-order valence-corrected chi connectivity index (χ3v) is 2.26. The molecular weight excluding hydrogens is 264 g/mol. The zero-order chi connectivity index (χ0) is 14.7. The van der Waals surface area contributed by atoms with Crippen molar-refractivity contribution in [1.29, 1.82) is 0 Å². The van der Waals surface area contributed by atoms with Crippen LogP contribution in [0.1, 0.15) is 13.8 Å². The minimum Gasteiger partial charge on any atom is -0.481 e. The van der Waals surface area contributed by atoms with Gasteiger partial charge in [0.1, 0.15) is 0 Å². The van der Waals surface area contributed by atoms with Gasteiger partial charge in [0.15, 0.2) is 0 Å². The molecule has 2 heterocycles. The first-order valence-corrected chi connectivity index (χ1v) is 5.72. The van der Waals surface area contributed by atoms with Crippen LogP contribution in [0.15, 0.2) is 16.4 Å². The van der Waals surface area contributed by atoms with E-state index in [-0.39, 0.29) is 17.7 Å². The fourth-order valence-electron chi connectivity index (χ4n) is 1.40. The second-order valence-corrected chi connectivity index (χ2v) is 4.08. The highest BCUT2D eigenvalue weighted by molar-refractivity contribution is 5.27. The molecule has 0 aliphatic heterocycles. The van der Waals surface area contributed by atoms with E-state index in [0.717, 1.165) is 14.9 Å². The van der Waals surface area contributed by atoms with E-state index in [1.165, 1.54) is 20.3 Å². The van der Waals surface area contributed by atoms with E-state index in [2.05, 4.69) is 20.4 Å². The molecule has 9 heteroatoms. The summed E-state index contributed by atoms with van der Waals surface area (Å²) in [4.78, 5) is 20.2. The Morgan fingerprint density at radius 2 is 1.75 bits per heavy atom. The van der Waals surface area contributed by atoms with Gasteiger partial charge in [-0.25, -0.2) is 4.79 Å². The van der Waals surface area contributed by atoms with Gasteiger partial charge in [0.2, 0.25) is 11.8 Å². The number of rotatable bonds is 4. The molecule has 0 amide bonds. The van der Waals surface area contributed by atoms with Gasteiger partial charge in [0.25, 0.3) is 5.95 Å². The van der Waals surface area contributed by atoms with Crippen molar-refractivity contribution < 1.29 is 9.47 Å². The summed E-state index contributed by atoms with van der Waals surface area (Å²) in [5.41, 5.74) is 0.421. The van der Waals surface area contributed by atoms with E-state index < -0.39 is 5.69 Å². The first-order valence-electron chi connectivity index (χ1n) is 5.72. The van der Waals surface area contributed by atoms with Crippen molar-refractivity contribution in [2.45, 2.75) is 13.8 Å². The molecule has 0 radical (unpaired) electrons. The highest BCUT2D eigenvalue weighted by Gasteiger charge is 2.13. The maximum atomic E-state index is 12.1. The van der Waals surface area contributed by atoms with Crippen LogP contribution in [-0.2, 0) is 0 Å². The molecule has 0 saturated carbocycles. The number of allylic oxidation sites excluding steroid dienone is 1. The van der Waals surface area contributed by atoms with Crippen molar-refractivity contribution in [3.63, 3.8) is 0 Å². The van der Waals surface area contributed by atoms with Crippen LogP contribution in [0, 0.1) is 0 Å². The lowest BCUT2D eigenvalue weighted by molar-refractivity contribution is 0.369. The van der Waals surface area contributed by atoms with E-state index in [0.29, 0.717) is 0 Å². The van der Waals surface area contributed by atoms with Gasteiger partial charge in [-0.1, -0.05) is 5.57 Å². The second kappa shape index (κ2) is 5.51. The van der Waals surface area contributed by atoms with Gasteiger partial charge in [-0.15, -0.1) is 4.68 Å². The quantitative estimate of drug-likeness (QED) is 0.783. The van der Waals surface area contributed by atoms with Crippen LogP contribution in [0.3, 0.4) is 0 Å². The molecule has 0 atom stereocenters. The standard InChI is InChI=1S/C11H14N6O3/c1-7(2)6-16-11(18)17(15-14-16)10-12-8(19-3)5-9(13-10)20-4/h5-6H,1-4H3. The predicted octanol–water partition coefficient (Wildman–Crippen LogP) is 0.117. The fraction of sp³-hybridized carbons (Fsp3) is 0.364. The maximum Gasteiger partial charge on any atom is 0.375 e. The van der Waals surface area contributed by atoms with Crippen molar-refractivity contribution in [3.8, 4) is 17.7 Å². The monoisotopic (exact) mass is 278 g/mol. The van der Waals surface area contributed by atoms with Crippen LogP contribution in [0.4, 0.5) is 0 Å². The normalized spacial score (nSPS) is 10.2. The molecule has 2 rings (SSSR count). The van der Waals surface area contributed by atoms with Gasteiger partial charge in [0.05, 0.1) is 20.3 Å². The molecular formula is C11H14N6O3. The topological polar surface area (TPSA) is 97.0 Å². The van der Waals surface area contributed by atoms with Crippen LogP contribution in [0.5, 0.6) is 11.8 Å². The summed E-state index contributed by atoms with van der Waals surface area (Å²) in [7, 11) is 2.91. The number of tetrazole rings is 1. The summed E-state index contributed by atoms with van der Waals surface area (Å²) in [6.07, 6.45) is 1.56. The fourth-order valence-corrected chi connectivity index (χ4v) is 1.40. The molecule has 0 spiro atoms. The van der Waals surface area contributed by atoms with Crippen LogP contribution in [0.25, 0.3) is 12.1 Å². The molecule has 0 aliphatic carbocycles. The van der Waals surface area contributed by atoms with E-state index in [4.69, 9.17) is 9.47 Å². The third-order valence-electron chi connectivity index (χ3n) is 2.26. The molecule has 9 nitrogen and oxygen atoms in total. The van der Waals surface area contributed by atoms with Crippen LogP contribution >= 0.6 is 0 Å². The highest BCUT2D eigenvalue weighted by atomic mass is 16.5. The Balaban J connectivity index is 2.54. The van der Waals surface area contributed by atoms with Gasteiger partial charge in [-0.2, -0.15) is 14.6 Å². The summed E-state index contributed by atoms with van der Waals surface area (Å²) < 4.78 is 12.1. The van der Waals surface area contributed by atoms with Crippen LogP contribution in [-0.4, -0.2) is 44.0 Å². The smallest absolute Gasteiger partial charge is 0.375 e. The molecule has 2 aromatic rings. The Labute approximate surface area is 114 Å². The van der Waals surface area contributed by atoms with Crippen molar-refractivity contribution in [2.75, 3.05) is 14.2 Å². The summed E-state index contributed by atoms with van der Waals surface area (Å²) in [5.74, 6) is 0.547. The molecule has 0 aliphatic rings. The SMILES string of the molecule is COc1cc(OC)nc(-n2nnn(C=C(C)C)c2=O)n1. The zero-order valence-electron chi connectivity index (χ0n) is 11.6. The Morgan fingerprint density at radius 1 is 1.15 bits per heavy atom. The van der Waals surface area contributed by atoms with Crippen molar-refractivity contribution in [3.05, 3.63) is 22.1 Å².